The van der Waals surface area contributed by atoms with Gasteiger partial charge in [0.1, 0.15) is 6.33 Å². The van der Waals surface area contributed by atoms with Gasteiger partial charge in [-0.25, -0.2) is 9.97 Å². The van der Waals surface area contributed by atoms with Gasteiger partial charge in [0.2, 0.25) is 11.6 Å². The Labute approximate surface area is 177 Å². The second kappa shape index (κ2) is 9.23. The summed E-state index contributed by atoms with van der Waals surface area (Å²) in [6.45, 7) is 2.86. The summed E-state index contributed by atoms with van der Waals surface area (Å²) in [5, 5.41) is 15.5. The van der Waals surface area contributed by atoms with E-state index in [1.165, 1.54) is 12.4 Å². The quantitative estimate of drug-likeness (QED) is 0.404. The molecule has 2 aromatic rings. The maximum atomic E-state index is 12.1. The van der Waals surface area contributed by atoms with Crippen LogP contribution in [0.4, 0.5) is 23.0 Å². The van der Waals surface area contributed by atoms with Crippen LogP contribution in [0.2, 0.25) is 10.0 Å². The van der Waals surface area contributed by atoms with Crippen molar-refractivity contribution >= 4 is 52.2 Å². The second-order valence-corrected chi connectivity index (χ2v) is 7.28. The molecule has 1 aliphatic heterocycles. The minimum Gasteiger partial charge on any atom is -0.466 e. The van der Waals surface area contributed by atoms with Crippen molar-refractivity contribution in [1.29, 1.82) is 0 Å². The predicted octanol–water partition coefficient (Wildman–Crippen LogP) is 4.21. The number of carbonyl (C=O) groups is 1. The van der Waals surface area contributed by atoms with Crippen LogP contribution in [0, 0.1) is 16.0 Å². The summed E-state index contributed by atoms with van der Waals surface area (Å²) in [5.74, 6) is -0.519. The molecule has 29 heavy (non-hydrogen) atoms. The maximum absolute atomic E-state index is 12.1. The molecule has 1 atom stereocenters. The van der Waals surface area contributed by atoms with E-state index in [4.69, 9.17) is 27.9 Å². The molecule has 0 saturated carbocycles. The third-order valence-electron chi connectivity index (χ3n) is 4.51. The van der Waals surface area contributed by atoms with Crippen molar-refractivity contribution in [3.8, 4) is 0 Å². The summed E-state index contributed by atoms with van der Waals surface area (Å²) in [7, 11) is 0. The normalized spacial score (nSPS) is 16.4. The van der Waals surface area contributed by atoms with Crippen LogP contribution in [-0.2, 0) is 9.53 Å². The average molecular weight is 440 g/mol. The highest BCUT2D eigenvalue weighted by molar-refractivity contribution is 6.36. The fourth-order valence-electron chi connectivity index (χ4n) is 3.20. The van der Waals surface area contributed by atoms with E-state index in [1.54, 1.807) is 24.0 Å². The fraction of sp³-hybridized carbons (Fsp3) is 0.389. The van der Waals surface area contributed by atoms with E-state index in [0.717, 1.165) is 0 Å². The standard InChI is InChI=1S/C18H19Cl2N5O4/c1-2-29-18(26)11-4-3-7-24(9-11)17-15(25(27)28)16(21-10-22-17)23-14-6-5-12(19)8-13(14)20/h5-6,8,10-11H,2-4,7,9H2,1H3,(H,21,22,23). The van der Waals surface area contributed by atoms with Gasteiger partial charge in [-0.15, -0.1) is 0 Å². The van der Waals surface area contributed by atoms with Crippen LogP contribution in [-0.4, -0.2) is 40.6 Å². The van der Waals surface area contributed by atoms with Gasteiger partial charge in [0.15, 0.2) is 0 Å². The van der Waals surface area contributed by atoms with Gasteiger partial charge < -0.3 is 15.0 Å². The van der Waals surface area contributed by atoms with Crippen molar-refractivity contribution in [3.05, 3.63) is 44.7 Å². The van der Waals surface area contributed by atoms with Crippen LogP contribution in [0.3, 0.4) is 0 Å². The Balaban J connectivity index is 1.92. The van der Waals surface area contributed by atoms with E-state index in [9.17, 15) is 14.9 Å². The predicted molar refractivity (Wildman–Crippen MR) is 110 cm³/mol. The maximum Gasteiger partial charge on any atom is 0.353 e. The second-order valence-electron chi connectivity index (χ2n) is 6.44. The van der Waals surface area contributed by atoms with E-state index >= 15 is 0 Å². The molecule has 9 nitrogen and oxygen atoms in total. The number of hydrogen-bond donors (Lipinski definition) is 1. The molecule has 1 unspecified atom stereocenters. The van der Waals surface area contributed by atoms with Crippen molar-refractivity contribution in [3.63, 3.8) is 0 Å². The summed E-state index contributed by atoms with van der Waals surface area (Å²) in [4.78, 5) is 33.3. The number of ether oxygens (including phenoxy) is 1. The highest BCUT2D eigenvalue weighted by atomic mass is 35.5. The number of anilines is 3. The number of esters is 1. The van der Waals surface area contributed by atoms with Crippen molar-refractivity contribution in [2.24, 2.45) is 5.92 Å². The molecule has 0 aliphatic carbocycles. The van der Waals surface area contributed by atoms with Crippen LogP contribution >= 0.6 is 23.2 Å². The zero-order valence-electron chi connectivity index (χ0n) is 15.6. The first kappa shape index (κ1) is 21.1. The topological polar surface area (TPSA) is 110 Å². The summed E-state index contributed by atoms with van der Waals surface area (Å²) in [5.41, 5.74) is 0.134. The lowest BCUT2D eigenvalue weighted by atomic mass is 9.98. The van der Waals surface area contributed by atoms with Crippen LogP contribution in [0.5, 0.6) is 0 Å². The molecule has 1 aromatic heterocycles. The molecule has 1 aliphatic rings. The first-order chi connectivity index (χ1) is 13.9. The summed E-state index contributed by atoms with van der Waals surface area (Å²) in [6, 6.07) is 4.74. The molecule has 11 heteroatoms. The minimum atomic E-state index is -0.546. The SMILES string of the molecule is CCOC(=O)C1CCCN(c2ncnc(Nc3ccc(Cl)cc3Cl)c2[N+](=O)[O-])C1. The van der Waals surface area contributed by atoms with Crippen molar-refractivity contribution in [2.45, 2.75) is 19.8 Å². The molecule has 154 valence electrons. The lowest BCUT2D eigenvalue weighted by Gasteiger charge is -2.32. The Morgan fingerprint density at radius 1 is 1.41 bits per heavy atom. The number of carbonyl (C=O) groups excluding carboxylic acids is 1. The molecule has 2 heterocycles. The molecule has 1 saturated heterocycles. The van der Waals surface area contributed by atoms with Gasteiger partial charge in [-0.1, -0.05) is 23.2 Å². The molecule has 3 rings (SSSR count). The number of rotatable bonds is 6. The highest BCUT2D eigenvalue weighted by Gasteiger charge is 2.33. The number of halogens is 2. The van der Waals surface area contributed by atoms with Crippen LogP contribution in [0.15, 0.2) is 24.5 Å². The molecule has 1 fully saturated rings. The highest BCUT2D eigenvalue weighted by Crippen LogP contribution is 2.37. The lowest BCUT2D eigenvalue weighted by Crippen LogP contribution is -2.40. The Bertz CT molecular complexity index is 927. The summed E-state index contributed by atoms with van der Waals surface area (Å²) < 4.78 is 5.10. The molecular weight excluding hydrogens is 421 g/mol. The summed E-state index contributed by atoms with van der Waals surface area (Å²) in [6.07, 6.45) is 2.60. The minimum absolute atomic E-state index is 0.00230. The number of benzene rings is 1. The van der Waals surface area contributed by atoms with Gasteiger partial charge in [0.05, 0.1) is 28.2 Å². The molecule has 0 radical (unpaired) electrons. The Morgan fingerprint density at radius 3 is 2.90 bits per heavy atom. The van der Waals surface area contributed by atoms with E-state index in [0.29, 0.717) is 41.7 Å². The van der Waals surface area contributed by atoms with E-state index in [2.05, 4.69) is 15.3 Å². The third kappa shape index (κ3) is 4.86. The number of hydrogen-bond acceptors (Lipinski definition) is 8. The number of nitrogens with zero attached hydrogens (tertiary/aromatic N) is 4. The number of aromatic nitrogens is 2. The zero-order chi connectivity index (χ0) is 21.0. The van der Waals surface area contributed by atoms with Gasteiger partial charge in [0, 0.05) is 18.1 Å². The average Bonchev–Trinajstić information content (AvgIpc) is 2.70. The molecule has 0 spiro atoms. The van der Waals surface area contributed by atoms with Crippen LogP contribution < -0.4 is 10.2 Å². The molecule has 1 aromatic carbocycles. The van der Waals surface area contributed by atoms with Crippen molar-refractivity contribution in [2.75, 3.05) is 29.9 Å². The Morgan fingerprint density at radius 2 is 2.21 bits per heavy atom. The molecule has 0 amide bonds. The monoisotopic (exact) mass is 439 g/mol. The molecule has 1 N–H and O–H groups in total. The van der Waals surface area contributed by atoms with Gasteiger partial charge in [-0.05, 0) is 38.0 Å². The van der Waals surface area contributed by atoms with Gasteiger partial charge >= 0.3 is 11.7 Å². The smallest absolute Gasteiger partial charge is 0.353 e. The zero-order valence-corrected chi connectivity index (χ0v) is 17.1. The van der Waals surface area contributed by atoms with Crippen molar-refractivity contribution in [1.82, 2.24) is 9.97 Å². The fourth-order valence-corrected chi connectivity index (χ4v) is 3.66. The first-order valence-corrected chi connectivity index (χ1v) is 9.79. The van der Waals surface area contributed by atoms with E-state index in [1.807, 2.05) is 0 Å². The number of nitro groups is 1. The van der Waals surface area contributed by atoms with Gasteiger partial charge in [-0.2, -0.15) is 0 Å². The van der Waals surface area contributed by atoms with E-state index in [-0.39, 0.29) is 35.8 Å². The Kier molecular flexibility index (Phi) is 6.71. The van der Waals surface area contributed by atoms with Crippen LogP contribution in [0.25, 0.3) is 0 Å². The summed E-state index contributed by atoms with van der Waals surface area (Å²) >= 11 is 12.1. The van der Waals surface area contributed by atoms with Crippen molar-refractivity contribution < 1.29 is 14.5 Å². The number of piperidine rings is 1. The van der Waals surface area contributed by atoms with E-state index < -0.39 is 4.92 Å². The van der Waals surface area contributed by atoms with Gasteiger partial charge in [-0.3, -0.25) is 14.9 Å². The molecule has 0 bridgehead atoms. The Hall–Kier alpha value is -2.65. The first-order valence-electron chi connectivity index (χ1n) is 9.03. The van der Waals surface area contributed by atoms with Crippen LogP contribution in [0.1, 0.15) is 19.8 Å². The number of nitrogens with one attached hydrogen (secondary N) is 1. The largest absolute Gasteiger partial charge is 0.466 e. The lowest BCUT2D eigenvalue weighted by molar-refractivity contribution is -0.383. The van der Waals surface area contributed by atoms with Gasteiger partial charge in [0.25, 0.3) is 0 Å². The molecular formula is C18H19Cl2N5O4. The third-order valence-corrected chi connectivity index (χ3v) is 5.06.